The van der Waals surface area contributed by atoms with E-state index in [0.717, 1.165) is 12.6 Å². The number of imide groups is 1. The second kappa shape index (κ2) is 12.6. The Kier molecular flexibility index (Phi) is 10.5. The lowest BCUT2D eigenvalue weighted by Gasteiger charge is -2.31. The van der Waals surface area contributed by atoms with Gasteiger partial charge in [-0.2, -0.15) is 0 Å². The standard InChI is InChI=1S/C8H7NO3.C8H17NO.C7H6O2/c1-3-5-6(4-2)8(11)9(12)7(5)10;1-7-6-8(9(2)3)4-5-10-7;8-7(9)6-4-2-1-3-5-6/h3-4,12H,1-2H2;7-8H,4-6H2,1-3H3;1-5H,(H,8,9). The van der Waals surface area contributed by atoms with Gasteiger partial charge in [-0.3, -0.25) is 14.8 Å². The zero-order valence-electron chi connectivity index (χ0n) is 18.2. The van der Waals surface area contributed by atoms with Crippen molar-refractivity contribution in [3.05, 3.63) is 72.4 Å². The van der Waals surface area contributed by atoms with Crippen LogP contribution in [0.15, 0.2) is 66.8 Å². The van der Waals surface area contributed by atoms with Crippen LogP contribution >= 0.6 is 0 Å². The van der Waals surface area contributed by atoms with Gasteiger partial charge in [-0.05, 0) is 46.0 Å². The predicted octanol–water partition coefficient (Wildman–Crippen LogP) is 2.91. The minimum Gasteiger partial charge on any atom is -0.478 e. The smallest absolute Gasteiger partial charge is 0.335 e. The van der Waals surface area contributed by atoms with Gasteiger partial charge in [0.1, 0.15) is 0 Å². The maximum Gasteiger partial charge on any atom is 0.335 e. The Morgan fingerprint density at radius 3 is 1.97 bits per heavy atom. The number of benzene rings is 1. The number of rotatable bonds is 4. The molecular weight excluding hydrogens is 400 g/mol. The Hall–Kier alpha value is -3.07. The minimum absolute atomic E-state index is 0.0496. The normalized spacial score (nSPS) is 20.5. The molecule has 1 aromatic carbocycles. The van der Waals surface area contributed by atoms with Crippen molar-refractivity contribution in [3.8, 4) is 0 Å². The van der Waals surface area contributed by atoms with E-state index >= 15 is 0 Å². The number of ether oxygens (including phenoxy) is 1. The van der Waals surface area contributed by atoms with E-state index in [1.54, 1.807) is 30.3 Å². The summed E-state index contributed by atoms with van der Waals surface area (Å²) in [6, 6.07) is 9.04. The van der Waals surface area contributed by atoms with Gasteiger partial charge in [0.15, 0.2) is 0 Å². The number of hydrogen-bond donors (Lipinski definition) is 2. The maximum atomic E-state index is 11.0. The van der Waals surface area contributed by atoms with E-state index < -0.39 is 17.8 Å². The fourth-order valence-corrected chi connectivity index (χ4v) is 2.97. The summed E-state index contributed by atoms with van der Waals surface area (Å²) in [6.07, 6.45) is 5.27. The van der Waals surface area contributed by atoms with E-state index in [4.69, 9.17) is 15.1 Å². The third-order valence-electron chi connectivity index (χ3n) is 4.75. The number of amides is 2. The molecule has 168 valence electrons. The van der Waals surface area contributed by atoms with Gasteiger partial charge in [-0.25, -0.2) is 4.79 Å². The third-order valence-corrected chi connectivity index (χ3v) is 4.75. The second-order valence-corrected chi connectivity index (χ2v) is 7.15. The van der Waals surface area contributed by atoms with Gasteiger partial charge in [-0.1, -0.05) is 43.5 Å². The highest BCUT2D eigenvalue weighted by Crippen LogP contribution is 2.20. The van der Waals surface area contributed by atoms with Gasteiger partial charge >= 0.3 is 5.97 Å². The number of aromatic carboxylic acids is 1. The lowest BCUT2D eigenvalue weighted by Crippen LogP contribution is -2.37. The van der Waals surface area contributed by atoms with Crippen molar-refractivity contribution in [1.82, 2.24) is 9.96 Å². The molecule has 2 atom stereocenters. The molecule has 0 saturated carbocycles. The number of hydrogen-bond acceptors (Lipinski definition) is 6. The summed E-state index contributed by atoms with van der Waals surface area (Å²) >= 11 is 0. The molecule has 1 saturated heterocycles. The quantitative estimate of drug-likeness (QED) is 0.559. The maximum absolute atomic E-state index is 11.0. The molecule has 31 heavy (non-hydrogen) atoms. The van der Waals surface area contributed by atoms with Crippen LogP contribution in [0.25, 0.3) is 0 Å². The molecular formula is C23H30N2O6. The molecule has 0 spiro atoms. The number of carbonyl (C=O) groups excluding carboxylic acids is 2. The summed E-state index contributed by atoms with van der Waals surface area (Å²) in [5, 5.41) is 17.3. The van der Waals surface area contributed by atoms with E-state index in [2.05, 4.69) is 39.1 Å². The van der Waals surface area contributed by atoms with Crippen LogP contribution in [-0.2, 0) is 14.3 Å². The summed E-state index contributed by atoms with van der Waals surface area (Å²) < 4.78 is 5.43. The fourth-order valence-electron chi connectivity index (χ4n) is 2.97. The van der Waals surface area contributed by atoms with Crippen LogP contribution < -0.4 is 0 Å². The summed E-state index contributed by atoms with van der Waals surface area (Å²) in [7, 11) is 4.28. The fraction of sp³-hybridized carbons (Fsp3) is 0.348. The SMILES string of the molecule is C=CC1=C(C=C)C(=O)N(O)C1=O.CC1CC(N(C)C)CCO1.O=C(O)c1ccccc1. The first-order valence-corrected chi connectivity index (χ1v) is 9.77. The molecule has 2 heterocycles. The zero-order chi connectivity index (χ0) is 23.6. The first-order valence-electron chi connectivity index (χ1n) is 9.77. The average Bonchev–Trinajstić information content (AvgIpc) is 2.98. The van der Waals surface area contributed by atoms with Gasteiger partial charge < -0.3 is 14.7 Å². The van der Waals surface area contributed by atoms with Crippen LogP contribution in [0.5, 0.6) is 0 Å². The highest BCUT2D eigenvalue weighted by atomic mass is 16.5. The van der Waals surface area contributed by atoms with Crippen molar-refractivity contribution in [2.75, 3.05) is 20.7 Å². The molecule has 8 heteroatoms. The molecule has 2 aliphatic rings. The molecule has 0 aromatic heterocycles. The molecule has 0 radical (unpaired) electrons. The summed E-state index contributed by atoms with van der Waals surface area (Å²) in [5.74, 6) is -2.40. The first-order chi connectivity index (χ1) is 14.6. The van der Waals surface area contributed by atoms with Crippen LogP contribution in [0.3, 0.4) is 0 Å². The lowest BCUT2D eigenvalue weighted by molar-refractivity contribution is -0.169. The summed E-state index contributed by atoms with van der Waals surface area (Å²) in [4.78, 5) is 34.5. The summed E-state index contributed by atoms with van der Waals surface area (Å²) in [5.41, 5.74) is 0.493. The number of hydroxylamine groups is 2. The number of carboxylic acids is 1. The Labute approximate surface area is 182 Å². The first kappa shape index (κ1) is 26.0. The Balaban J connectivity index is 0.000000235. The van der Waals surface area contributed by atoms with Crippen molar-refractivity contribution in [2.45, 2.75) is 31.9 Å². The van der Waals surface area contributed by atoms with Crippen LogP contribution in [-0.4, -0.2) is 70.9 Å². The molecule has 1 aromatic rings. The van der Waals surface area contributed by atoms with Crippen LogP contribution in [0.1, 0.15) is 30.1 Å². The van der Waals surface area contributed by atoms with Gasteiger partial charge in [0.25, 0.3) is 11.8 Å². The number of carbonyl (C=O) groups is 3. The van der Waals surface area contributed by atoms with Crippen molar-refractivity contribution in [2.24, 2.45) is 0 Å². The van der Waals surface area contributed by atoms with E-state index in [0.29, 0.717) is 11.7 Å². The second-order valence-electron chi connectivity index (χ2n) is 7.15. The Bertz CT molecular complexity index is 802. The van der Waals surface area contributed by atoms with Crippen LogP contribution in [0.4, 0.5) is 0 Å². The third kappa shape index (κ3) is 7.60. The highest BCUT2D eigenvalue weighted by molar-refractivity contribution is 6.20. The molecule has 0 aliphatic carbocycles. The van der Waals surface area contributed by atoms with Gasteiger partial charge in [0, 0.05) is 12.6 Å². The van der Waals surface area contributed by atoms with Crippen molar-refractivity contribution in [3.63, 3.8) is 0 Å². The summed E-state index contributed by atoms with van der Waals surface area (Å²) in [6.45, 7) is 9.77. The molecule has 0 bridgehead atoms. The number of nitrogens with zero attached hydrogens (tertiary/aromatic N) is 2. The van der Waals surface area contributed by atoms with Crippen molar-refractivity contribution >= 4 is 17.8 Å². The Morgan fingerprint density at radius 2 is 1.65 bits per heavy atom. The largest absolute Gasteiger partial charge is 0.478 e. The topological polar surface area (TPSA) is 107 Å². The molecule has 2 amide bonds. The minimum atomic E-state index is -0.879. The molecule has 1 fully saturated rings. The monoisotopic (exact) mass is 430 g/mol. The van der Waals surface area contributed by atoms with Crippen LogP contribution in [0.2, 0.25) is 0 Å². The van der Waals surface area contributed by atoms with Crippen molar-refractivity contribution in [1.29, 1.82) is 0 Å². The number of carboxylic acid groups (broad SMARTS) is 1. The van der Waals surface area contributed by atoms with Gasteiger partial charge in [0.05, 0.1) is 22.8 Å². The zero-order valence-corrected chi connectivity index (χ0v) is 18.2. The Morgan fingerprint density at radius 1 is 1.13 bits per heavy atom. The van der Waals surface area contributed by atoms with E-state index in [9.17, 15) is 14.4 Å². The molecule has 8 nitrogen and oxygen atoms in total. The highest BCUT2D eigenvalue weighted by Gasteiger charge is 2.34. The van der Waals surface area contributed by atoms with Crippen molar-refractivity contribution < 1.29 is 29.4 Å². The molecule has 2 unspecified atom stereocenters. The van der Waals surface area contributed by atoms with E-state index in [1.807, 2.05) is 0 Å². The van der Waals surface area contributed by atoms with Crippen LogP contribution in [0, 0.1) is 0 Å². The molecule has 2 aliphatic heterocycles. The van der Waals surface area contributed by atoms with E-state index in [1.165, 1.54) is 25.0 Å². The van der Waals surface area contributed by atoms with Gasteiger partial charge in [0.2, 0.25) is 0 Å². The molecule has 2 N–H and O–H groups in total. The van der Waals surface area contributed by atoms with Gasteiger partial charge in [-0.15, -0.1) is 5.06 Å². The average molecular weight is 431 g/mol. The predicted molar refractivity (Wildman–Crippen MR) is 117 cm³/mol. The molecule has 3 rings (SSSR count). The lowest BCUT2D eigenvalue weighted by atomic mass is 10.0. The van der Waals surface area contributed by atoms with E-state index in [-0.39, 0.29) is 16.2 Å².